The van der Waals surface area contributed by atoms with Crippen LogP contribution in [0.5, 0.6) is 0 Å². The van der Waals surface area contributed by atoms with Gasteiger partial charge in [0.1, 0.15) is 11.3 Å². The van der Waals surface area contributed by atoms with E-state index >= 15 is 0 Å². The highest BCUT2D eigenvalue weighted by Crippen LogP contribution is 2.63. The van der Waals surface area contributed by atoms with Gasteiger partial charge in [0.15, 0.2) is 0 Å². The molecule has 4 heteroatoms. The lowest BCUT2D eigenvalue weighted by Crippen LogP contribution is -2.26. The number of allylic oxidation sites excluding steroid dienone is 2. The molecule has 0 aliphatic heterocycles. The van der Waals surface area contributed by atoms with E-state index in [9.17, 15) is 0 Å². The van der Waals surface area contributed by atoms with Crippen molar-refractivity contribution in [3.63, 3.8) is 0 Å². The predicted molar refractivity (Wildman–Crippen MR) is 303 cm³/mol. The monoisotopic (exact) mass is 916 g/mol. The van der Waals surface area contributed by atoms with E-state index in [1.54, 1.807) is 0 Å². The van der Waals surface area contributed by atoms with Crippen LogP contribution in [0.25, 0.3) is 112 Å². The van der Waals surface area contributed by atoms with Crippen molar-refractivity contribution in [1.82, 2.24) is 18.8 Å². The summed E-state index contributed by atoms with van der Waals surface area (Å²) >= 11 is 0. The maximum absolute atomic E-state index is 5.37. The fourth-order valence-electron chi connectivity index (χ4n) is 12.1. The van der Waals surface area contributed by atoms with E-state index in [0.29, 0.717) is 0 Å². The van der Waals surface area contributed by atoms with E-state index in [-0.39, 0.29) is 0 Å². The molecule has 1 unspecified atom stereocenters. The average molecular weight is 917 g/mol. The highest BCUT2D eigenvalue weighted by molar-refractivity contribution is 6.14. The van der Waals surface area contributed by atoms with Crippen molar-refractivity contribution in [3.05, 3.63) is 227 Å². The van der Waals surface area contributed by atoms with Gasteiger partial charge in [-0.1, -0.05) is 173 Å². The first-order valence-electron chi connectivity index (χ1n) is 25.4. The van der Waals surface area contributed by atoms with Crippen LogP contribution >= 0.6 is 0 Å². The number of aromatic nitrogens is 4. The highest BCUT2D eigenvalue weighted by atomic mass is 15.0. The second kappa shape index (κ2) is 17.0. The molecule has 0 radical (unpaired) electrons. The Morgan fingerprint density at radius 1 is 0.394 bits per heavy atom. The molecule has 4 aromatic heterocycles. The van der Waals surface area contributed by atoms with Gasteiger partial charge in [-0.05, 0) is 160 Å². The number of benzene rings is 8. The Labute approximate surface area is 415 Å². The first-order valence-corrected chi connectivity index (χ1v) is 25.4. The number of para-hydroxylation sites is 1. The number of fused-ring (bicyclic) bond motifs is 21. The zero-order chi connectivity index (χ0) is 48.7. The first-order chi connectivity index (χ1) is 35.0. The summed E-state index contributed by atoms with van der Waals surface area (Å²) in [6, 6.07) is 63.5. The molecule has 0 N–H and O–H groups in total. The van der Waals surface area contributed by atoms with E-state index in [1.807, 2.05) is 27.7 Å². The molecule has 71 heavy (non-hydrogen) atoms. The average Bonchev–Trinajstić information content (AvgIpc) is 4.18. The van der Waals surface area contributed by atoms with E-state index in [4.69, 9.17) is 9.97 Å². The Bertz CT molecular complexity index is 4200. The van der Waals surface area contributed by atoms with Gasteiger partial charge < -0.3 is 0 Å². The maximum atomic E-state index is 5.37. The van der Waals surface area contributed by atoms with Crippen LogP contribution in [0.3, 0.4) is 0 Å². The first kappa shape index (κ1) is 43.9. The number of hydrogen-bond donors (Lipinski definition) is 0. The molecule has 12 aromatic rings. The minimum absolute atomic E-state index is 0.514. The SMILES string of the molecule is C/C=C\c1c(C)c(C)c(/C=C\C)n2c1nc1cc(-c3ccc4c(c3)C3(c5ccccc5-4)c4ccccc4-c4ccc(-c5ccc6c(c5)nc5c7ccccc7c7ccccc7n65)cc43)ccc12.CC.CC. The molecule has 0 saturated carbocycles. The number of imidazole rings is 2. The van der Waals surface area contributed by atoms with Crippen molar-refractivity contribution < 1.29 is 0 Å². The molecule has 0 bridgehead atoms. The van der Waals surface area contributed by atoms with E-state index in [2.05, 4.69) is 231 Å². The minimum Gasteiger partial charge on any atom is -0.292 e. The molecule has 344 valence electrons. The highest BCUT2D eigenvalue weighted by Gasteiger charge is 2.51. The van der Waals surface area contributed by atoms with Gasteiger partial charge in [0.2, 0.25) is 0 Å². The third kappa shape index (κ3) is 6.10. The lowest BCUT2D eigenvalue weighted by Gasteiger charge is -2.31. The second-order valence-corrected chi connectivity index (χ2v) is 18.4. The number of hydrogen-bond acceptors (Lipinski definition) is 2. The molecule has 8 aromatic carbocycles. The minimum atomic E-state index is -0.514. The lowest BCUT2D eigenvalue weighted by molar-refractivity contribution is 0.794. The molecule has 0 amide bonds. The second-order valence-electron chi connectivity index (χ2n) is 18.4. The summed E-state index contributed by atoms with van der Waals surface area (Å²) in [6.07, 6.45) is 8.65. The standard InChI is InChI=1S/C63H44N4.2C2H6/c1-5-15-43-37(3)38(4)57(16-6-2)66-59-31-27-41(35-55(59)64-61(43)66)39-25-29-47-45-18-9-12-22-51(45)63(53(47)33-39)52-23-13-10-19-46(52)48-30-26-40(34-54(48)63)42-28-32-60-56(36-42)65-62-50-21-8-7-17-44(50)49-20-11-14-24-58(49)67(60)62;2*1-2/h5-36H,1-4H3;2*1-2H3/b15-5-,16-6-;;. The van der Waals surface area contributed by atoms with Crippen LogP contribution in [0.15, 0.2) is 182 Å². The van der Waals surface area contributed by atoms with Crippen molar-refractivity contribution >= 4 is 67.2 Å². The van der Waals surface area contributed by atoms with Gasteiger partial charge in [-0.2, -0.15) is 0 Å². The smallest absolute Gasteiger partial charge is 0.146 e. The van der Waals surface area contributed by atoms with Crippen LogP contribution in [-0.2, 0) is 5.41 Å². The molecule has 0 fully saturated rings. The molecule has 0 saturated heterocycles. The van der Waals surface area contributed by atoms with Crippen molar-refractivity contribution in [1.29, 1.82) is 0 Å². The molecular weight excluding hydrogens is 861 g/mol. The predicted octanol–water partition coefficient (Wildman–Crippen LogP) is 18.0. The summed E-state index contributed by atoms with van der Waals surface area (Å²) in [5.41, 5.74) is 26.8. The van der Waals surface area contributed by atoms with Crippen LogP contribution in [0.4, 0.5) is 0 Å². The molecule has 4 heterocycles. The number of pyridine rings is 2. The van der Waals surface area contributed by atoms with Gasteiger partial charge in [-0.15, -0.1) is 0 Å². The molecule has 1 spiro atoms. The lowest BCUT2D eigenvalue weighted by atomic mass is 9.70. The fourth-order valence-corrected chi connectivity index (χ4v) is 12.1. The van der Waals surface area contributed by atoms with Gasteiger partial charge in [0, 0.05) is 16.3 Å². The van der Waals surface area contributed by atoms with Crippen molar-refractivity contribution in [3.8, 4) is 44.5 Å². The number of nitrogens with zero attached hydrogens (tertiary/aromatic N) is 4. The Hall–Kier alpha value is -8.34. The van der Waals surface area contributed by atoms with Gasteiger partial charge in [0.05, 0.1) is 38.7 Å². The van der Waals surface area contributed by atoms with Crippen molar-refractivity contribution in [2.24, 2.45) is 0 Å². The molecule has 2 aliphatic rings. The van der Waals surface area contributed by atoms with Crippen LogP contribution in [-0.4, -0.2) is 18.8 Å². The zero-order valence-electron chi connectivity index (χ0n) is 41.8. The van der Waals surface area contributed by atoms with Crippen LogP contribution in [0.1, 0.15) is 86.2 Å². The molecular formula is C67H56N4. The summed E-state index contributed by atoms with van der Waals surface area (Å²) in [4.78, 5) is 10.7. The van der Waals surface area contributed by atoms with Crippen molar-refractivity contribution in [2.45, 2.75) is 60.8 Å². The topological polar surface area (TPSA) is 34.6 Å². The summed E-state index contributed by atoms with van der Waals surface area (Å²) in [5.74, 6) is 0. The van der Waals surface area contributed by atoms with E-state index in [1.165, 1.54) is 94.3 Å². The normalized spacial score (nSPS) is 14.4. The third-order valence-electron chi connectivity index (χ3n) is 15.2. The maximum Gasteiger partial charge on any atom is 0.146 e. The van der Waals surface area contributed by atoms with E-state index in [0.717, 1.165) is 49.9 Å². The zero-order valence-corrected chi connectivity index (χ0v) is 41.8. The Kier molecular flexibility index (Phi) is 10.5. The Morgan fingerprint density at radius 2 is 0.859 bits per heavy atom. The quantitative estimate of drug-likeness (QED) is 0.165. The molecule has 14 rings (SSSR count). The third-order valence-corrected chi connectivity index (χ3v) is 15.2. The van der Waals surface area contributed by atoms with Crippen LogP contribution < -0.4 is 0 Å². The van der Waals surface area contributed by atoms with Gasteiger partial charge >= 0.3 is 0 Å². The molecule has 2 aliphatic carbocycles. The largest absolute Gasteiger partial charge is 0.292 e. The Balaban J connectivity index is 0.00000126. The van der Waals surface area contributed by atoms with Gasteiger partial charge in [0.25, 0.3) is 0 Å². The number of rotatable bonds is 4. The van der Waals surface area contributed by atoms with Crippen LogP contribution in [0.2, 0.25) is 0 Å². The van der Waals surface area contributed by atoms with Gasteiger partial charge in [-0.3, -0.25) is 8.80 Å². The Morgan fingerprint density at radius 3 is 1.45 bits per heavy atom. The summed E-state index contributed by atoms with van der Waals surface area (Å²) < 4.78 is 4.68. The molecule has 1 atom stereocenters. The van der Waals surface area contributed by atoms with E-state index < -0.39 is 5.41 Å². The van der Waals surface area contributed by atoms with Crippen LogP contribution in [0, 0.1) is 13.8 Å². The fraction of sp³-hybridized carbons (Fsp3) is 0.134. The summed E-state index contributed by atoms with van der Waals surface area (Å²) in [7, 11) is 0. The molecule has 4 nitrogen and oxygen atoms in total. The van der Waals surface area contributed by atoms with Crippen molar-refractivity contribution in [2.75, 3.05) is 0 Å². The van der Waals surface area contributed by atoms with Gasteiger partial charge in [-0.25, -0.2) is 9.97 Å². The summed E-state index contributed by atoms with van der Waals surface area (Å²) in [5, 5.41) is 3.62. The summed E-state index contributed by atoms with van der Waals surface area (Å²) in [6.45, 7) is 16.6.